The number of nitrogens with one attached hydrogen (secondary N) is 1. The molecule has 0 unspecified atom stereocenters. The lowest BCUT2D eigenvalue weighted by molar-refractivity contribution is 0.197. The summed E-state index contributed by atoms with van der Waals surface area (Å²) in [6, 6.07) is 4.86. The van der Waals surface area contributed by atoms with Crippen LogP contribution >= 0.6 is 0 Å². The first-order valence-electron chi connectivity index (χ1n) is 5.61. The van der Waals surface area contributed by atoms with Crippen molar-refractivity contribution in [3.8, 4) is 0 Å². The molecule has 1 N–H and O–H groups in total. The summed E-state index contributed by atoms with van der Waals surface area (Å²) in [6.45, 7) is 8.62. The lowest BCUT2D eigenvalue weighted by Gasteiger charge is -2.31. The second-order valence-electron chi connectivity index (χ2n) is 4.42. The van der Waals surface area contributed by atoms with Gasteiger partial charge in [-0.3, -0.25) is 9.88 Å². The van der Waals surface area contributed by atoms with Crippen molar-refractivity contribution < 1.29 is 0 Å². The fourth-order valence-electron chi connectivity index (χ4n) is 1.98. The molecule has 2 heterocycles. The van der Waals surface area contributed by atoms with Gasteiger partial charge in [0.2, 0.25) is 0 Å². The van der Waals surface area contributed by atoms with Crippen LogP contribution in [-0.4, -0.2) is 35.6 Å². The number of aromatic nitrogens is 1. The standard InChI is InChI=1S/C12H19N3/c1-10-3-4-12(14-7-10)9-15-6-5-13-11(2)8-15/h3-4,7,11,13H,5-6,8-9H2,1-2H3/t11-/m0/s1. The molecular weight excluding hydrogens is 186 g/mol. The molecule has 0 aliphatic carbocycles. The van der Waals surface area contributed by atoms with E-state index in [0.29, 0.717) is 6.04 Å². The molecule has 1 atom stereocenters. The summed E-state index contributed by atoms with van der Waals surface area (Å²) in [4.78, 5) is 6.89. The molecule has 1 fully saturated rings. The van der Waals surface area contributed by atoms with E-state index in [9.17, 15) is 0 Å². The van der Waals surface area contributed by atoms with Gasteiger partial charge in [-0.25, -0.2) is 0 Å². The average molecular weight is 205 g/mol. The van der Waals surface area contributed by atoms with E-state index in [1.807, 2.05) is 6.20 Å². The molecule has 0 aromatic carbocycles. The Labute approximate surface area is 91.5 Å². The molecule has 1 saturated heterocycles. The van der Waals surface area contributed by atoms with Gasteiger partial charge in [-0.2, -0.15) is 0 Å². The molecule has 1 aromatic heterocycles. The molecule has 3 nitrogen and oxygen atoms in total. The van der Waals surface area contributed by atoms with Gasteiger partial charge in [0, 0.05) is 38.4 Å². The van der Waals surface area contributed by atoms with Crippen LogP contribution in [0.15, 0.2) is 18.3 Å². The number of rotatable bonds is 2. The summed E-state index contributed by atoms with van der Waals surface area (Å²) in [7, 11) is 0. The van der Waals surface area contributed by atoms with E-state index >= 15 is 0 Å². The third-order valence-electron chi connectivity index (χ3n) is 2.81. The Morgan fingerprint density at radius 2 is 2.40 bits per heavy atom. The van der Waals surface area contributed by atoms with Gasteiger partial charge in [0.1, 0.15) is 0 Å². The van der Waals surface area contributed by atoms with Gasteiger partial charge in [0.05, 0.1) is 5.69 Å². The number of nitrogens with zero attached hydrogens (tertiary/aromatic N) is 2. The monoisotopic (exact) mass is 205 g/mol. The summed E-state index contributed by atoms with van der Waals surface area (Å²) in [6.07, 6.45) is 1.95. The maximum atomic E-state index is 4.44. The van der Waals surface area contributed by atoms with Crippen LogP contribution in [0.1, 0.15) is 18.2 Å². The summed E-state index contributed by atoms with van der Waals surface area (Å²) >= 11 is 0. The number of pyridine rings is 1. The van der Waals surface area contributed by atoms with Crippen molar-refractivity contribution in [2.75, 3.05) is 19.6 Å². The van der Waals surface area contributed by atoms with Crippen LogP contribution in [0.25, 0.3) is 0 Å². The minimum absolute atomic E-state index is 0.601. The second kappa shape index (κ2) is 4.73. The lowest BCUT2D eigenvalue weighted by Crippen LogP contribution is -2.48. The zero-order chi connectivity index (χ0) is 10.7. The zero-order valence-electron chi connectivity index (χ0n) is 9.53. The van der Waals surface area contributed by atoms with Gasteiger partial charge >= 0.3 is 0 Å². The van der Waals surface area contributed by atoms with Crippen LogP contribution in [0.5, 0.6) is 0 Å². The Morgan fingerprint density at radius 3 is 3.07 bits per heavy atom. The third-order valence-corrected chi connectivity index (χ3v) is 2.81. The summed E-state index contributed by atoms with van der Waals surface area (Å²) in [5.41, 5.74) is 2.40. The topological polar surface area (TPSA) is 28.2 Å². The van der Waals surface area contributed by atoms with Gasteiger partial charge < -0.3 is 5.32 Å². The van der Waals surface area contributed by atoms with Gasteiger partial charge in [-0.1, -0.05) is 6.07 Å². The quantitative estimate of drug-likeness (QED) is 0.786. The van der Waals surface area contributed by atoms with Crippen molar-refractivity contribution >= 4 is 0 Å². The summed E-state index contributed by atoms with van der Waals surface area (Å²) < 4.78 is 0. The number of hydrogen-bond acceptors (Lipinski definition) is 3. The summed E-state index contributed by atoms with van der Waals surface area (Å²) in [5, 5.41) is 3.44. The SMILES string of the molecule is Cc1ccc(CN2CCN[C@@H](C)C2)nc1. The highest BCUT2D eigenvalue weighted by atomic mass is 15.2. The first-order valence-corrected chi connectivity index (χ1v) is 5.61. The molecular formula is C12H19N3. The molecule has 0 amide bonds. The predicted molar refractivity (Wildman–Crippen MR) is 61.7 cm³/mol. The summed E-state index contributed by atoms with van der Waals surface area (Å²) in [5.74, 6) is 0. The number of aryl methyl sites for hydroxylation is 1. The normalized spacial score (nSPS) is 22.9. The van der Waals surface area contributed by atoms with Gasteiger partial charge in [-0.05, 0) is 25.5 Å². The molecule has 3 heteroatoms. The first kappa shape index (κ1) is 10.6. The molecule has 0 bridgehead atoms. The van der Waals surface area contributed by atoms with Crippen molar-refractivity contribution in [1.29, 1.82) is 0 Å². The van der Waals surface area contributed by atoms with E-state index in [4.69, 9.17) is 0 Å². The Hall–Kier alpha value is -0.930. The average Bonchev–Trinajstić information content (AvgIpc) is 2.22. The van der Waals surface area contributed by atoms with Crippen LogP contribution in [0, 0.1) is 6.92 Å². The van der Waals surface area contributed by atoms with Crippen molar-refractivity contribution in [2.24, 2.45) is 0 Å². The van der Waals surface area contributed by atoms with Crippen LogP contribution in [0.3, 0.4) is 0 Å². The van der Waals surface area contributed by atoms with E-state index in [1.165, 1.54) is 11.3 Å². The Kier molecular flexibility index (Phi) is 3.34. The van der Waals surface area contributed by atoms with E-state index < -0.39 is 0 Å². The van der Waals surface area contributed by atoms with E-state index in [1.54, 1.807) is 0 Å². The van der Waals surface area contributed by atoms with Crippen molar-refractivity contribution in [3.63, 3.8) is 0 Å². The fraction of sp³-hybridized carbons (Fsp3) is 0.583. The van der Waals surface area contributed by atoms with E-state index in [-0.39, 0.29) is 0 Å². The highest BCUT2D eigenvalue weighted by molar-refractivity contribution is 5.12. The molecule has 0 spiro atoms. The van der Waals surface area contributed by atoms with E-state index in [0.717, 1.165) is 26.2 Å². The van der Waals surface area contributed by atoms with E-state index in [2.05, 4.69) is 41.2 Å². The van der Waals surface area contributed by atoms with Gasteiger partial charge in [0.25, 0.3) is 0 Å². The number of piperazine rings is 1. The zero-order valence-corrected chi connectivity index (χ0v) is 9.53. The molecule has 2 rings (SSSR count). The Balaban J connectivity index is 1.93. The Morgan fingerprint density at radius 1 is 1.53 bits per heavy atom. The minimum atomic E-state index is 0.601. The van der Waals surface area contributed by atoms with Gasteiger partial charge in [0.15, 0.2) is 0 Å². The first-order chi connectivity index (χ1) is 7.24. The molecule has 15 heavy (non-hydrogen) atoms. The lowest BCUT2D eigenvalue weighted by atomic mass is 10.2. The molecule has 0 radical (unpaired) electrons. The molecule has 1 aliphatic heterocycles. The van der Waals surface area contributed by atoms with Crippen LogP contribution in [0.4, 0.5) is 0 Å². The second-order valence-corrected chi connectivity index (χ2v) is 4.42. The number of hydrogen-bond donors (Lipinski definition) is 1. The Bertz CT molecular complexity index is 307. The molecule has 1 aliphatic rings. The largest absolute Gasteiger partial charge is 0.312 e. The van der Waals surface area contributed by atoms with Crippen LogP contribution in [0.2, 0.25) is 0 Å². The maximum absolute atomic E-state index is 4.44. The van der Waals surface area contributed by atoms with Crippen molar-refractivity contribution in [2.45, 2.75) is 26.4 Å². The van der Waals surface area contributed by atoms with Crippen LogP contribution < -0.4 is 5.32 Å². The molecule has 82 valence electrons. The predicted octanol–water partition coefficient (Wildman–Crippen LogP) is 1.18. The van der Waals surface area contributed by atoms with Crippen molar-refractivity contribution in [3.05, 3.63) is 29.6 Å². The minimum Gasteiger partial charge on any atom is -0.312 e. The maximum Gasteiger partial charge on any atom is 0.0544 e. The molecule has 0 saturated carbocycles. The molecule has 1 aromatic rings. The smallest absolute Gasteiger partial charge is 0.0544 e. The fourth-order valence-corrected chi connectivity index (χ4v) is 1.98. The highest BCUT2D eigenvalue weighted by Crippen LogP contribution is 2.06. The highest BCUT2D eigenvalue weighted by Gasteiger charge is 2.15. The third kappa shape index (κ3) is 3.01. The van der Waals surface area contributed by atoms with Gasteiger partial charge in [-0.15, -0.1) is 0 Å². The van der Waals surface area contributed by atoms with Crippen molar-refractivity contribution in [1.82, 2.24) is 15.2 Å². The van der Waals surface area contributed by atoms with Crippen LogP contribution in [-0.2, 0) is 6.54 Å².